The molecule has 1 aliphatic rings. The smallest absolute Gasteiger partial charge is 0.252 e. The maximum Gasteiger partial charge on any atom is 0.252 e. The van der Waals surface area contributed by atoms with Gasteiger partial charge in [-0.3, -0.25) is 9.69 Å². The fourth-order valence-corrected chi connectivity index (χ4v) is 5.65. The zero-order chi connectivity index (χ0) is 22.2. The number of nitrogens with zero attached hydrogens (tertiary/aromatic N) is 3. The Kier molecular flexibility index (Phi) is 8.34. The third-order valence-electron chi connectivity index (χ3n) is 5.78. The van der Waals surface area contributed by atoms with E-state index in [0.29, 0.717) is 12.6 Å². The second-order valence-electron chi connectivity index (χ2n) is 8.10. The van der Waals surface area contributed by atoms with Crippen LogP contribution in [0, 0.1) is 0 Å². The molecule has 4 rings (SSSR count). The summed E-state index contributed by atoms with van der Waals surface area (Å²) in [6.45, 7) is 4.84. The summed E-state index contributed by atoms with van der Waals surface area (Å²) in [6.07, 6.45) is 0.937. The standard InChI is InChI=1S/C25H30N4OS2/c1-28-14-15-29(23(16-28)20-8-3-2-4-9-20)13-7-12-26-25(30)22-10-5-6-11-24(22)32-18-21-17-31-19-27-21/h2-6,8-11,17,19,23H,7,12-16,18H2,1H3,(H,26,30). The molecule has 5 nitrogen and oxygen atoms in total. The molecule has 3 aromatic rings. The molecule has 0 bridgehead atoms. The topological polar surface area (TPSA) is 48.5 Å². The van der Waals surface area contributed by atoms with Crippen LogP contribution in [-0.4, -0.2) is 60.5 Å². The number of thioether (sulfide) groups is 1. The van der Waals surface area contributed by atoms with Gasteiger partial charge in [0.2, 0.25) is 0 Å². The average Bonchev–Trinajstić information content (AvgIpc) is 3.35. The summed E-state index contributed by atoms with van der Waals surface area (Å²) in [5, 5.41) is 5.18. The molecule has 1 saturated heterocycles. The number of nitrogens with one attached hydrogen (secondary N) is 1. The van der Waals surface area contributed by atoms with Crippen molar-refractivity contribution >= 4 is 29.0 Å². The van der Waals surface area contributed by atoms with E-state index in [-0.39, 0.29) is 5.91 Å². The van der Waals surface area contributed by atoms with E-state index in [1.807, 2.05) is 29.8 Å². The minimum Gasteiger partial charge on any atom is -0.352 e. The van der Waals surface area contributed by atoms with Crippen LogP contribution in [0.2, 0.25) is 0 Å². The number of benzene rings is 2. The van der Waals surface area contributed by atoms with E-state index < -0.39 is 0 Å². The summed E-state index contributed by atoms with van der Waals surface area (Å²) in [6, 6.07) is 19.0. The number of hydrogen-bond donors (Lipinski definition) is 1. The fraction of sp³-hybridized carbons (Fsp3) is 0.360. The Morgan fingerprint density at radius 2 is 1.97 bits per heavy atom. The van der Waals surface area contributed by atoms with Crippen LogP contribution in [-0.2, 0) is 5.75 Å². The van der Waals surface area contributed by atoms with Crippen LogP contribution < -0.4 is 5.32 Å². The number of piperazine rings is 1. The van der Waals surface area contributed by atoms with Crippen molar-refractivity contribution in [3.8, 4) is 0 Å². The Hall–Kier alpha value is -2.19. The fourth-order valence-electron chi connectivity index (χ4n) is 4.04. The average molecular weight is 467 g/mol. The van der Waals surface area contributed by atoms with Crippen molar-refractivity contribution in [1.29, 1.82) is 0 Å². The molecule has 0 spiro atoms. The molecule has 0 radical (unpaired) electrons. The van der Waals surface area contributed by atoms with Gasteiger partial charge in [-0.15, -0.1) is 23.1 Å². The minimum atomic E-state index is 0.00404. The van der Waals surface area contributed by atoms with Crippen molar-refractivity contribution in [3.05, 3.63) is 82.3 Å². The molecule has 168 valence electrons. The number of carbonyl (C=O) groups is 1. The molecule has 1 aliphatic heterocycles. The summed E-state index contributed by atoms with van der Waals surface area (Å²) in [4.78, 5) is 23.1. The maximum absolute atomic E-state index is 12.8. The van der Waals surface area contributed by atoms with Crippen LogP contribution in [0.3, 0.4) is 0 Å². The number of hydrogen-bond acceptors (Lipinski definition) is 6. The SMILES string of the molecule is CN1CCN(CCCNC(=O)c2ccccc2SCc2cscn2)C(c2ccccc2)C1. The highest BCUT2D eigenvalue weighted by Gasteiger charge is 2.26. The van der Waals surface area contributed by atoms with Crippen molar-refractivity contribution in [2.45, 2.75) is 23.1 Å². The van der Waals surface area contributed by atoms with Crippen LogP contribution in [0.1, 0.15) is 34.1 Å². The normalized spacial score (nSPS) is 17.3. The lowest BCUT2D eigenvalue weighted by Crippen LogP contribution is -2.47. The number of rotatable bonds is 9. The van der Waals surface area contributed by atoms with Crippen LogP contribution >= 0.6 is 23.1 Å². The highest BCUT2D eigenvalue weighted by Crippen LogP contribution is 2.27. The van der Waals surface area contributed by atoms with Crippen LogP contribution in [0.4, 0.5) is 0 Å². The van der Waals surface area contributed by atoms with E-state index in [4.69, 9.17) is 0 Å². The number of likely N-dealkylation sites (N-methyl/N-ethyl adjacent to an activating group) is 1. The predicted octanol–water partition coefficient (Wildman–Crippen LogP) is 4.54. The first-order valence-electron chi connectivity index (χ1n) is 11.1. The van der Waals surface area contributed by atoms with Gasteiger partial charge in [-0.1, -0.05) is 42.5 Å². The molecule has 1 amide bonds. The largest absolute Gasteiger partial charge is 0.352 e. The molecular formula is C25H30N4OS2. The lowest BCUT2D eigenvalue weighted by Gasteiger charge is -2.40. The molecular weight excluding hydrogens is 436 g/mol. The monoisotopic (exact) mass is 466 g/mol. The highest BCUT2D eigenvalue weighted by molar-refractivity contribution is 7.98. The van der Waals surface area contributed by atoms with Gasteiger partial charge in [0.15, 0.2) is 0 Å². The predicted molar refractivity (Wildman–Crippen MR) is 133 cm³/mol. The van der Waals surface area contributed by atoms with Crippen molar-refractivity contribution in [2.24, 2.45) is 0 Å². The Labute approximate surface area is 198 Å². The van der Waals surface area contributed by atoms with E-state index in [1.165, 1.54) is 5.56 Å². The van der Waals surface area contributed by atoms with E-state index in [0.717, 1.165) is 54.5 Å². The second-order valence-corrected chi connectivity index (χ2v) is 9.83. The Morgan fingerprint density at radius 3 is 2.78 bits per heavy atom. The molecule has 1 N–H and O–H groups in total. The van der Waals surface area contributed by atoms with E-state index in [1.54, 1.807) is 23.1 Å². The maximum atomic E-state index is 12.8. The molecule has 1 fully saturated rings. The third kappa shape index (κ3) is 6.19. The summed E-state index contributed by atoms with van der Waals surface area (Å²) >= 11 is 3.26. The molecule has 7 heteroatoms. The summed E-state index contributed by atoms with van der Waals surface area (Å²) < 4.78 is 0. The third-order valence-corrected chi connectivity index (χ3v) is 7.52. The molecule has 0 aliphatic carbocycles. The first-order valence-corrected chi connectivity index (χ1v) is 13.0. The van der Waals surface area contributed by atoms with Gasteiger partial charge in [0.1, 0.15) is 0 Å². The second kappa shape index (κ2) is 11.6. The van der Waals surface area contributed by atoms with Crippen molar-refractivity contribution in [1.82, 2.24) is 20.1 Å². The lowest BCUT2D eigenvalue weighted by molar-refractivity contribution is 0.0865. The van der Waals surface area contributed by atoms with Gasteiger partial charge in [-0.2, -0.15) is 0 Å². The molecule has 1 aromatic heterocycles. The number of aromatic nitrogens is 1. The Bertz CT molecular complexity index is 981. The van der Waals surface area contributed by atoms with Gasteiger partial charge in [-0.25, -0.2) is 4.98 Å². The quantitative estimate of drug-likeness (QED) is 0.371. The molecule has 2 heterocycles. The van der Waals surface area contributed by atoms with Gasteiger partial charge < -0.3 is 10.2 Å². The van der Waals surface area contributed by atoms with Gasteiger partial charge in [-0.05, 0) is 31.2 Å². The number of thiazole rings is 1. The van der Waals surface area contributed by atoms with E-state index in [9.17, 15) is 4.79 Å². The first-order chi connectivity index (χ1) is 15.7. The van der Waals surface area contributed by atoms with Crippen LogP contribution in [0.5, 0.6) is 0 Å². The highest BCUT2D eigenvalue weighted by atomic mass is 32.2. The molecule has 0 saturated carbocycles. The van der Waals surface area contributed by atoms with Crippen molar-refractivity contribution in [3.63, 3.8) is 0 Å². The molecule has 2 aromatic carbocycles. The lowest BCUT2D eigenvalue weighted by atomic mass is 10.0. The Balaban J connectivity index is 1.28. The molecule has 1 unspecified atom stereocenters. The summed E-state index contributed by atoms with van der Waals surface area (Å²) in [7, 11) is 2.19. The van der Waals surface area contributed by atoms with Crippen LogP contribution in [0.15, 0.2) is 70.4 Å². The zero-order valence-corrected chi connectivity index (χ0v) is 20.1. The zero-order valence-electron chi connectivity index (χ0n) is 18.4. The van der Waals surface area contributed by atoms with Crippen LogP contribution in [0.25, 0.3) is 0 Å². The van der Waals surface area contributed by atoms with E-state index in [2.05, 4.69) is 62.9 Å². The van der Waals surface area contributed by atoms with Gasteiger partial charge in [0.05, 0.1) is 16.8 Å². The Morgan fingerprint density at radius 1 is 1.16 bits per heavy atom. The van der Waals surface area contributed by atoms with Gasteiger partial charge in [0, 0.05) is 54.8 Å². The first kappa shape index (κ1) is 23.0. The van der Waals surface area contributed by atoms with Crippen molar-refractivity contribution < 1.29 is 4.79 Å². The molecule has 32 heavy (non-hydrogen) atoms. The van der Waals surface area contributed by atoms with Crippen molar-refractivity contribution in [2.75, 3.05) is 39.8 Å². The summed E-state index contributed by atoms with van der Waals surface area (Å²) in [5.74, 6) is 0.780. The number of amides is 1. The molecule has 1 atom stereocenters. The summed E-state index contributed by atoms with van der Waals surface area (Å²) in [5.41, 5.74) is 5.01. The minimum absolute atomic E-state index is 0.00404. The van der Waals surface area contributed by atoms with E-state index >= 15 is 0 Å². The van der Waals surface area contributed by atoms with Gasteiger partial charge in [0.25, 0.3) is 5.91 Å². The van der Waals surface area contributed by atoms with Gasteiger partial charge >= 0.3 is 0 Å². The number of carbonyl (C=O) groups excluding carboxylic acids is 1.